The Labute approximate surface area is 152 Å². The number of aliphatic carboxylic acids is 1. The average Bonchev–Trinajstić information content (AvgIpc) is 2.99. The van der Waals surface area contributed by atoms with Crippen molar-refractivity contribution in [2.75, 3.05) is 6.61 Å². The number of fused-ring (bicyclic) bond motifs is 1. The van der Waals surface area contributed by atoms with E-state index in [9.17, 15) is 4.79 Å². The van der Waals surface area contributed by atoms with Crippen LogP contribution in [0, 0.1) is 0 Å². The molecule has 0 saturated carbocycles. The number of carbonyl (C=O) groups is 1. The zero-order chi connectivity index (χ0) is 17.8. The fraction of sp³-hybridized carbons (Fsp3) is 0.350. The Hall–Kier alpha value is -2.04. The molecule has 25 heavy (non-hydrogen) atoms. The Balaban J connectivity index is 1.71. The van der Waals surface area contributed by atoms with Gasteiger partial charge in [-0.15, -0.1) is 0 Å². The second-order valence-corrected chi connectivity index (χ2v) is 6.47. The summed E-state index contributed by atoms with van der Waals surface area (Å²) in [5.41, 5.74) is 3.16. The summed E-state index contributed by atoms with van der Waals surface area (Å²) in [7, 11) is 0. The van der Waals surface area contributed by atoms with Crippen LogP contribution in [0.2, 0.25) is 5.02 Å². The molecule has 0 spiro atoms. The first-order valence-corrected chi connectivity index (χ1v) is 8.83. The van der Waals surface area contributed by atoms with E-state index in [0.29, 0.717) is 6.61 Å². The van der Waals surface area contributed by atoms with Gasteiger partial charge in [-0.1, -0.05) is 35.9 Å². The van der Waals surface area contributed by atoms with Gasteiger partial charge in [-0.05, 0) is 54.7 Å². The Bertz CT molecular complexity index is 742. The van der Waals surface area contributed by atoms with Crippen LogP contribution in [0.4, 0.5) is 0 Å². The van der Waals surface area contributed by atoms with Crippen molar-refractivity contribution in [2.24, 2.45) is 0 Å². The van der Waals surface area contributed by atoms with Crippen molar-refractivity contribution in [3.63, 3.8) is 0 Å². The molecule has 0 fully saturated rings. The minimum Gasteiger partial charge on any atom is -0.486 e. The van der Waals surface area contributed by atoms with E-state index in [2.05, 4.69) is 6.07 Å². The quantitative estimate of drug-likeness (QED) is 0.758. The molecule has 0 saturated heterocycles. The Morgan fingerprint density at radius 1 is 1.28 bits per heavy atom. The number of hydrogen-bond acceptors (Lipinski definition) is 3. The molecule has 0 heterocycles. The van der Waals surface area contributed by atoms with Crippen molar-refractivity contribution in [1.29, 1.82) is 0 Å². The van der Waals surface area contributed by atoms with Crippen LogP contribution in [0.1, 0.15) is 48.7 Å². The highest BCUT2D eigenvalue weighted by Crippen LogP contribution is 2.38. The highest BCUT2D eigenvalue weighted by atomic mass is 35.5. The van der Waals surface area contributed by atoms with E-state index in [1.807, 2.05) is 43.3 Å². The summed E-state index contributed by atoms with van der Waals surface area (Å²) in [5, 5.41) is 9.81. The first-order chi connectivity index (χ1) is 12.1. The molecule has 0 aliphatic heterocycles. The van der Waals surface area contributed by atoms with Crippen molar-refractivity contribution < 1.29 is 19.4 Å². The maximum atomic E-state index is 11.0. The summed E-state index contributed by atoms with van der Waals surface area (Å²) in [5.74, 6) is -0.120. The lowest BCUT2D eigenvalue weighted by Crippen LogP contribution is -2.10. The minimum absolute atomic E-state index is 0.00117. The molecule has 0 amide bonds. The number of halogens is 1. The molecule has 2 aromatic rings. The summed E-state index contributed by atoms with van der Waals surface area (Å²) < 4.78 is 11.7. The van der Waals surface area contributed by atoms with Crippen LogP contribution >= 0.6 is 11.6 Å². The van der Waals surface area contributed by atoms with Crippen LogP contribution in [0.15, 0.2) is 42.5 Å². The third kappa shape index (κ3) is 4.14. The molecule has 0 aromatic heterocycles. The van der Waals surface area contributed by atoms with Crippen molar-refractivity contribution in [3.05, 3.63) is 64.2 Å². The van der Waals surface area contributed by atoms with E-state index in [4.69, 9.17) is 26.2 Å². The van der Waals surface area contributed by atoms with Gasteiger partial charge in [0, 0.05) is 11.6 Å². The summed E-state index contributed by atoms with van der Waals surface area (Å²) >= 11 is 6.25. The molecular formula is C20H21ClO4. The molecule has 1 aliphatic rings. The van der Waals surface area contributed by atoms with Crippen molar-refractivity contribution in [3.8, 4) is 5.75 Å². The topological polar surface area (TPSA) is 55.8 Å². The molecule has 132 valence electrons. The zero-order valence-corrected chi connectivity index (χ0v) is 14.8. The van der Waals surface area contributed by atoms with Gasteiger partial charge in [-0.3, -0.25) is 4.79 Å². The van der Waals surface area contributed by atoms with Crippen LogP contribution in [0.3, 0.4) is 0 Å². The van der Waals surface area contributed by atoms with Crippen LogP contribution in [-0.2, 0) is 16.0 Å². The van der Waals surface area contributed by atoms with Crippen molar-refractivity contribution in [1.82, 2.24) is 0 Å². The van der Waals surface area contributed by atoms with E-state index in [-0.39, 0.29) is 12.5 Å². The first kappa shape index (κ1) is 17.8. The van der Waals surface area contributed by atoms with E-state index < -0.39 is 12.1 Å². The van der Waals surface area contributed by atoms with Crippen molar-refractivity contribution >= 4 is 17.6 Å². The summed E-state index contributed by atoms with van der Waals surface area (Å²) in [6.07, 6.45) is 1.33. The molecule has 2 aromatic carbocycles. The number of rotatable bonds is 7. The van der Waals surface area contributed by atoms with E-state index in [1.165, 1.54) is 5.56 Å². The molecule has 1 N–H and O–H groups in total. The number of ether oxygens (including phenoxy) is 2. The highest BCUT2D eigenvalue weighted by molar-refractivity contribution is 6.31. The number of hydrogen-bond donors (Lipinski definition) is 1. The lowest BCUT2D eigenvalue weighted by Gasteiger charge is -2.18. The van der Waals surface area contributed by atoms with Gasteiger partial charge >= 0.3 is 5.97 Å². The number of carboxylic acid groups (broad SMARTS) is 1. The lowest BCUT2D eigenvalue weighted by atomic mass is 10.1. The maximum Gasteiger partial charge on any atom is 0.306 e. The second kappa shape index (κ2) is 7.89. The Morgan fingerprint density at radius 3 is 2.72 bits per heavy atom. The normalized spacial score (nSPS) is 17.1. The molecule has 0 bridgehead atoms. The molecule has 0 unspecified atom stereocenters. The zero-order valence-electron chi connectivity index (χ0n) is 14.1. The van der Waals surface area contributed by atoms with Crippen LogP contribution in [0.25, 0.3) is 0 Å². The van der Waals surface area contributed by atoms with Gasteiger partial charge in [-0.2, -0.15) is 0 Å². The average molecular weight is 361 g/mol. The van der Waals surface area contributed by atoms with Gasteiger partial charge in [-0.25, -0.2) is 0 Å². The molecule has 1 aliphatic carbocycles. The fourth-order valence-electron chi connectivity index (χ4n) is 3.25. The fourth-order valence-corrected chi connectivity index (χ4v) is 3.53. The minimum atomic E-state index is -0.877. The van der Waals surface area contributed by atoms with E-state index in [0.717, 1.165) is 34.7 Å². The van der Waals surface area contributed by atoms with E-state index in [1.54, 1.807) is 0 Å². The predicted molar refractivity (Wildman–Crippen MR) is 96.2 cm³/mol. The smallest absolute Gasteiger partial charge is 0.306 e. The third-order valence-electron chi connectivity index (χ3n) is 4.42. The van der Waals surface area contributed by atoms with Gasteiger partial charge in [0.25, 0.3) is 0 Å². The number of benzene rings is 2. The van der Waals surface area contributed by atoms with Crippen LogP contribution in [-0.4, -0.2) is 17.7 Å². The molecule has 2 atom stereocenters. The summed E-state index contributed by atoms with van der Waals surface area (Å²) in [4.78, 5) is 11.0. The van der Waals surface area contributed by atoms with Gasteiger partial charge in [0.2, 0.25) is 0 Å². The molecule has 3 rings (SSSR count). The van der Waals surface area contributed by atoms with Gasteiger partial charge in [0.15, 0.2) is 0 Å². The van der Waals surface area contributed by atoms with Gasteiger partial charge < -0.3 is 14.6 Å². The summed E-state index contributed by atoms with van der Waals surface area (Å²) in [6.45, 7) is 2.32. The monoisotopic (exact) mass is 360 g/mol. The highest BCUT2D eigenvalue weighted by Gasteiger charge is 2.25. The molecule has 4 nitrogen and oxygen atoms in total. The first-order valence-electron chi connectivity index (χ1n) is 8.45. The van der Waals surface area contributed by atoms with Crippen LogP contribution in [0.5, 0.6) is 5.75 Å². The van der Waals surface area contributed by atoms with Gasteiger partial charge in [0.05, 0.1) is 12.5 Å². The Morgan fingerprint density at radius 2 is 2.04 bits per heavy atom. The van der Waals surface area contributed by atoms with Gasteiger partial charge in [0.1, 0.15) is 11.9 Å². The maximum absolute atomic E-state index is 11.0. The Kier molecular flexibility index (Phi) is 5.61. The molecular weight excluding hydrogens is 340 g/mol. The number of carboxylic acids is 1. The molecule has 5 heteroatoms. The SMILES string of the molecule is CCO[C@@H](CC(=O)O)c1ccc(O[C@@H]2CCc3c(Cl)cccc32)cc1. The predicted octanol–water partition coefficient (Wildman–Crippen LogP) is 4.96. The second-order valence-electron chi connectivity index (χ2n) is 6.06. The van der Waals surface area contributed by atoms with E-state index >= 15 is 0 Å². The largest absolute Gasteiger partial charge is 0.486 e. The summed E-state index contributed by atoms with van der Waals surface area (Å²) in [6, 6.07) is 13.4. The third-order valence-corrected chi connectivity index (χ3v) is 4.77. The van der Waals surface area contributed by atoms with Crippen molar-refractivity contribution in [2.45, 2.75) is 38.4 Å². The lowest BCUT2D eigenvalue weighted by molar-refractivity contribution is -0.140. The van der Waals surface area contributed by atoms with Crippen LogP contribution < -0.4 is 4.74 Å². The molecule has 0 radical (unpaired) electrons. The standard InChI is InChI=1S/C20H21ClO4/c1-2-24-19(12-20(22)23)13-6-8-14(9-7-13)25-18-11-10-15-16(18)4-3-5-17(15)21/h3-9,18-19H,2,10-12H2,1H3,(H,22,23)/t18-,19+/m1/s1.